The zero-order chi connectivity index (χ0) is 19.9. The maximum atomic E-state index is 11.7. The molecule has 0 aromatic carbocycles. The molecule has 0 saturated carbocycles. The molecule has 0 aliphatic carbocycles. The van der Waals surface area contributed by atoms with Gasteiger partial charge in [-0.15, -0.1) is 5.10 Å². The number of aromatic nitrogens is 4. The minimum Gasteiger partial charge on any atom is -0.390 e. The molecule has 148 valence electrons. The smallest absolute Gasteiger partial charge is 0.241 e. The SMILES string of the molecule is Cc1cccnc1-c1ccc2cnc(N[C@@H]3CCN(S(C)(=O)=O)C[C@H]3O)nn12. The zero-order valence-electron chi connectivity index (χ0n) is 15.6. The highest BCUT2D eigenvalue weighted by Crippen LogP contribution is 2.23. The van der Waals surface area contributed by atoms with Crippen molar-refractivity contribution in [1.29, 1.82) is 0 Å². The fourth-order valence-corrected chi connectivity index (χ4v) is 4.30. The fraction of sp³-hybridized carbons (Fsp3) is 0.389. The Bertz CT molecular complexity index is 1110. The molecule has 3 aromatic rings. The average Bonchev–Trinajstić information content (AvgIpc) is 3.06. The van der Waals surface area contributed by atoms with E-state index in [-0.39, 0.29) is 12.6 Å². The number of aliphatic hydroxyl groups excluding tert-OH is 1. The second-order valence-electron chi connectivity index (χ2n) is 7.03. The maximum Gasteiger partial charge on any atom is 0.241 e. The van der Waals surface area contributed by atoms with Crippen LogP contribution < -0.4 is 5.32 Å². The Hall–Kier alpha value is -2.56. The van der Waals surface area contributed by atoms with E-state index in [0.29, 0.717) is 18.9 Å². The summed E-state index contributed by atoms with van der Waals surface area (Å²) in [7, 11) is -3.31. The quantitative estimate of drug-likeness (QED) is 0.667. The van der Waals surface area contributed by atoms with Gasteiger partial charge >= 0.3 is 0 Å². The first-order valence-electron chi connectivity index (χ1n) is 8.99. The lowest BCUT2D eigenvalue weighted by Crippen LogP contribution is -2.51. The number of nitrogens with zero attached hydrogens (tertiary/aromatic N) is 5. The van der Waals surface area contributed by atoms with Gasteiger partial charge in [0.15, 0.2) is 0 Å². The van der Waals surface area contributed by atoms with Crippen molar-refractivity contribution in [3.8, 4) is 11.4 Å². The van der Waals surface area contributed by atoms with Crippen molar-refractivity contribution in [2.45, 2.75) is 25.5 Å². The molecule has 3 aromatic heterocycles. The molecule has 9 nitrogen and oxygen atoms in total. The standard InChI is InChI=1S/C18H22N6O3S/c1-12-4-3-8-19-17(12)15-6-5-13-10-20-18(22-24(13)15)21-14-7-9-23(11-16(14)25)28(2,26)27/h3-6,8,10,14,16,25H,7,9,11H2,1-2H3,(H,21,22)/t14-,16-/m1/s1. The molecule has 1 aliphatic heterocycles. The number of aryl methyl sites for hydroxylation is 1. The molecule has 10 heteroatoms. The number of fused-ring (bicyclic) bond motifs is 1. The second kappa shape index (κ2) is 7.12. The number of hydrogen-bond acceptors (Lipinski definition) is 7. The van der Waals surface area contributed by atoms with Crippen LogP contribution in [0.1, 0.15) is 12.0 Å². The van der Waals surface area contributed by atoms with Crippen LogP contribution in [0.2, 0.25) is 0 Å². The lowest BCUT2D eigenvalue weighted by Gasteiger charge is -2.34. The average molecular weight is 402 g/mol. The predicted octanol–water partition coefficient (Wildman–Crippen LogP) is 0.906. The summed E-state index contributed by atoms with van der Waals surface area (Å²) in [6, 6.07) is 7.43. The van der Waals surface area contributed by atoms with Crippen LogP contribution in [0.4, 0.5) is 5.95 Å². The molecule has 28 heavy (non-hydrogen) atoms. The van der Waals surface area contributed by atoms with Crippen LogP contribution in [-0.4, -0.2) is 68.9 Å². The molecule has 0 amide bonds. The Morgan fingerprint density at radius 1 is 1.25 bits per heavy atom. The van der Waals surface area contributed by atoms with E-state index in [4.69, 9.17) is 0 Å². The van der Waals surface area contributed by atoms with Gasteiger partial charge in [0.2, 0.25) is 16.0 Å². The molecule has 0 radical (unpaired) electrons. The van der Waals surface area contributed by atoms with Crippen molar-refractivity contribution in [2.75, 3.05) is 24.7 Å². The van der Waals surface area contributed by atoms with Crippen LogP contribution >= 0.6 is 0 Å². The van der Waals surface area contributed by atoms with Crippen LogP contribution in [0.15, 0.2) is 36.7 Å². The highest BCUT2D eigenvalue weighted by Gasteiger charge is 2.32. The van der Waals surface area contributed by atoms with E-state index in [2.05, 4.69) is 20.4 Å². The van der Waals surface area contributed by atoms with E-state index >= 15 is 0 Å². The topological polar surface area (TPSA) is 113 Å². The Labute approximate surface area is 163 Å². The predicted molar refractivity (Wildman–Crippen MR) is 105 cm³/mol. The van der Waals surface area contributed by atoms with Crippen LogP contribution in [-0.2, 0) is 10.0 Å². The van der Waals surface area contributed by atoms with Gasteiger partial charge < -0.3 is 10.4 Å². The fourth-order valence-electron chi connectivity index (χ4n) is 3.44. The summed E-state index contributed by atoms with van der Waals surface area (Å²) in [5.41, 5.74) is 3.57. The molecule has 2 N–H and O–H groups in total. The van der Waals surface area contributed by atoms with E-state index in [1.165, 1.54) is 4.31 Å². The molecule has 1 saturated heterocycles. The van der Waals surface area contributed by atoms with Crippen molar-refractivity contribution >= 4 is 21.5 Å². The number of hydrogen-bond donors (Lipinski definition) is 2. The number of β-amino-alcohol motifs (C(OH)–C–C–N with tert-alkyl or cyclic N) is 1. The number of piperidine rings is 1. The summed E-state index contributed by atoms with van der Waals surface area (Å²) < 4.78 is 26.4. The van der Waals surface area contributed by atoms with E-state index in [1.54, 1.807) is 16.9 Å². The van der Waals surface area contributed by atoms with Gasteiger partial charge in [-0.2, -0.15) is 4.31 Å². The van der Waals surface area contributed by atoms with Crippen molar-refractivity contribution < 1.29 is 13.5 Å². The van der Waals surface area contributed by atoms with Gasteiger partial charge in [-0.1, -0.05) is 6.07 Å². The molecule has 1 aliphatic rings. The van der Waals surface area contributed by atoms with Gasteiger partial charge in [-0.25, -0.2) is 17.9 Å². The normalized spacial score (nSPS) is 21.1. The van der Waals surface area contributed by atoms with Crippen molar-refractivity contribution in [3.05, 3.63) is 42.2 Å². The highest BCUT2D eigenvalue weighted by molar-refractivity contribution is 7.88. The summed E-state index contributed by atoms with van der Waals surface area (Å²) in [6.07, 6.45) is 4.22. The zero-order valence-corrected chi connectivity index (χ0v) is 16.5. The van der Waals surface area contributed by atoms with Gasteiger partial charge in [-0.05, 0) is 37.1 Å². The Balaban J connectivity index is 1.59. The summed E-state index contributed by atoms with van der Waals surface area (Å²) in [6.45, 7) is 2.40. The van der Waals surface area contributed by atoms with Gasteiger partial charge in [0.1, 0.15) is 0 Å². The molecular weight excluding hydrogens is 380 g/mol. The molecule has 4 heterocycles. The largest absolute Gasteiger partial charge is 0.390 e. The first kappa shape index (κ1) is 18.8. The summed E-state index contributed by atoms with van der Waals surface area (Å²) in [5.74, 6) is 0.371. The van der Waals surface area contributed by atoms with Gasteiger partial charge in [0.25, 0.3) is 0 Å². The van der Waals surface area contributed by atoms with E-state index in [1.807, 2.05) is 31.2 Å². The summed E-state index contributed by atoms with van der Waals surface area (Å²) in [4.78, 5) is 8.78. The number of sulfonamides is 1. The summed E-state index contributed by atoms with van der Waals surface area (Å²) >= 11 is 0. The number of pyridine rings is 1. The van der Waals surface area contributed by atoms with Gasteiger partial charge in [-0.3, -0.25) is 4.98 Å². The molecule has 4 rings (SSSR count). The van der Waals surface area contributed by atoms with Gasteiger partial charge in [0.05, 0.1) is 41.5 Å². The van der Waals surface area contributed by atoms with Crippen molar-refractivity contribution in [3.63, 3.8) is 0 Å². The molecule has 0 bridgehead atoms. The lowest BCUT2D eigenvalue weighted by molar-refractivity contribution is 0.0950. The van der Waals surface area contributed by atoms with E-state index in [9.17, 15) is 13.5 Å². The molecule has 0 spiro atoms. The van der Waals surface area contributed by atoms with Crippen LogP contribution in [0.5, 0.6) is 0 Å². The molecule has 1 fully saturated rings. The van der Waals surface area contributed by atoms with Crippen LogP contribution in [0.3, 0.4) is 0 Å². The minimum absolute atomic E-state index is 0.0562. The monoisotopic (exact) mass is 402 g/mol. The number of rotatable bonds is 4. The van der Waals surface area contributed by atoms with E-state index < -0.39 is 16.1 Å². The third-order valence-electron chi connectivity index (χ3n) is 4.98. The first-order chi connectivity index (χ1) is 13.3. The number of nitrogens with one attached hydrogen (secondary N) is 1. The van der Waals surface area contributed by atoms with E-state index in [0.717, 1.165) is 28.7 Å². The van der Waals surface area contributed by atoms with Crippen LogP contribution in [0, 0.1) is 6.92 Å². The molecular formula is C18H22N6O3S. The third-order valence-corrected chi connectivity index (χ3v) is 6.25. The summed E-state index contributed by atoms with van der Waals surface area (Å²) in [5, 5.41) is 18.1. The highest BCUT2D eigenvalue weighted by atomic mass is 32.2. The minimum atomic E-state index is -3.31. The first-order valence-corrected chi connectivity index (χ1v) is 10.8. The number of aliphatic hydroxyl groups is 1. The van der Waals surface area contributed by atoms with Crippen molar-refractivity contribution in [2.24, 2.45) is 0 Å². The molecule has 2 atom stereocenters. The third kappa shape index (κ3) is 3.58. The molecule has 0 unspecified atom stereocenters. The van der Waals surface area contributed by atoms with Crippen molar-refractivity contribution in [1.82, 2.24) is 23.9 Å². The van der Waals surface area contributed by atoms with Gasteiger partial charge in [0, 0.05) is 19.3 Å². The maximum absolute atomic E-state index is 11.7. The van der Waals surface area contributed by atoms with Crippen LogP contribution in [0.25, 0.3) is 16.9 Å². The lowest BCUT2D eigenvalue weighted by atomic mass is 10.0. The second-order valence-corrected chi connectivity index (χ2v) is 9.02. The Morgan fingerprint density at radius 2 is 2.07 bits per heavy atom. The Kier molecular flexibility index (Phi) is 4.77. The number of anilines is 1. The Morgan fingerprint density at radius 3 is 2.79 bits per heavy atom.